The summed E-state index contributed by atoms with van der Waals surface area (Å²) in [6, 6.07) is 16.1. The van der Waals surface area contributed by atoms with Crippen LogP contribution < -0.4 is 5.32 Å². The highest BCUT2D eigenvalue weighted by atomic mass is 32.2. The van der Waals surface area contributed by atoms with Crippen molar-refractivity contribution in [3.8, 4) is 0 Å². The highest BCUT2D eigenvalue weighted by Crippen LogP contribution is 2.20. The number of sulfonamides is 1. The lowest BCUT2D eigenvalue weighted by atomic mass is 10.2. The number of amides is 1. The molecule has 1 heterocycles. The van der Waals surface area contributed by atoms with Crippen molar-refractivity contribution in [2.75, 3.05) is 45.5 Å². The van der Waals surface area contributed by atoms with E-state index in [0.717, 1.165) is 4.90 Å². The summed E-state index contributed by atoms with van der Waals surface area (Å²) in [5, 5.41) is 2.96. The maximum Gasteiger partial charge on any atom is 0.252 e. The van der Waals surface area contributed by atoms with Gasteiger partial charge in [-0.1, -0.05) is 30.3 Å². The fourth-order valence-corrected chi connectivity index (χ4v) is 5.23. The fraction of sp³-hybridized carbons (Fsp3) is 0.350. The Labute approximate surface area is 171 Å². The summed E-state index contributed by atoms with van der Waals surface area (Å²) in [6.45, 7) is 3.47. The largest absolute Gasteiger partial charge is 0.351 e. The molecule has 0 bridgehead atoms. The third-order valence-corrected chi connectivity index (χ3v) is 7.49. The van der Waals surface area contributed by atoms with E-state index in [9.17, 15) is 13.2 Å². The standard InChI is InChI=1S/C20H25N3O3S2/c1-27-19-10-6-5-9-18(19)20(24)21-11-12-22-13-15-23(16-14-22)28(25,26)17-7-3-2-4-8-17/h2-10H,11-16H2,1H3,(H,21,24). The molecule has 0 spiro atoms. The monoisotopic (exact) mass is 419 g/mol. The summed E-state index contributed by atoms with van der Waals surface area (Å²) in [5.41, 5.74) is 0.689. The molecule has 0 aromatic heterocycles. The number of thioether (sulfide) groups is 1. The smallest absolute Gasteiger partial charge is 0.252 e. The number of nitrogens with zero attached hydrogens (tertiary/aromatic N) is 2. The highest BCUT2D eigenvalue weighted by Gasteiger charge is 2.28. The van der Waals surface area contributed by atoms with Crippen LogP contribution in [0.25, 0.3) is 0 Å². The van der Waals surface area contributed by atoms with Gasteiger partial charge >= 0.3 is 0 Å². The molecule has 2 aromatic carbocycles. The first-order valence-corrected chi connectivity index (χ1v) is 11.9. The molecule has 1 amide bonds. The minimum absolute atomic E-state index is 0.0739. The van der Waals surface area contributed by atoms with Gasteiger partial charge in [-0.05, 0) is 30.5 Å². The van der Waals surface area contributed by atoms with Gasteiger partial charge in [-0.2, -0.15) is 4.31 Å². The molecule has 0 aliphatic carbocycles. The predicted octanol–water partition coefficient (Wildman–Crippen LogP) is 2.14. The van der Waals surface area contributed by atoms with Crippen molar-refractivity contribution in [2.24, 2.45) is 0 Å². The first kappa shape index (κ1) is 20.9. The minimum atomic E-state index is -3.43. The molecular formula is C20H25N3O3S2. The lowest BCUT2D eigenvalue weighted by molar-refractivity contribution is 0.0942. The van der Waals surface area contributed by atoms with Crippen molar-refractivity contribution in [1.29, 1.82) is 0 Å². The van der Waals surface area contributed by atoms with Gasteiger partial charge in [0.1, 0.15) is 0 Å². The summed E-state index contributed by atoms with van der Waals surface area (Å²) in [4.78, 5) is 15.8. The minimum Gasteiger partial charge on any atom is -0.351 e. The average molecular weight is 420 g/mol. The fourth-order valence-electron chi connectivity index (χ4n) is 3.19. The second kappa shape index (κ2) is 9.56. The lowest BCUT2D eigenvalue weighted by Crippen LogP contribution is -2.50. The third-order valence-electron chi connectivity index (χ3n) is 4.78. The molecule has 1 saturated heterocycles. The van der Waals surface area contributed by atoms with Gasteiger partial charge in [-0.25, -0.2) is 8.42 Å². The van der Waals surface area contributed by atoms with E-state index in [1.807, 2.05) is 36.6 Å². The summed E-state index contributed by atoms with van der Waals surface area (Å²) in [6.07, 6.45) is 1.95. The van der Waals surface area contributed by atoms with Crippen LogP contribution in [0.2, 0.25) is 0 Å². The van der Waals surface area contributed by atoms with Gasteiger partial charge < -0.3 is 5.32 Å². The number of rotatable bonds is 7. The summed E-state index contributed by atoms with van der Waals surface area (Å²) >= 11 is 1.55. The molecule has 6 nitrogen and oxygen atoms in total. The third kappa shape index (κ3) is 4.94. The molecular weight excluding hydrogens is 394 g/mol. The van der Waals surface area contributed by atoms with Crippen LogP contribution in [0.5, 0.6) is 0 Å². The van der Waals surface area contributed by atoms with Crippen LogP contribution in [-0.2, 0) is 10.0 Å². The van der Waals surface area contributed by atoms with E-state index in [1.54, 1.807) is 36.0 Å². The Bertz CT molecular complexity index is 896. The highest BCUT2D eigenvalue weighted by molar-refractivity contribution is 7.98. The molecule has 0 saturated carbocycles. The Kier molecular flexibility index (Phi) is 7.12. The molecule has 0 atom stereocenters. The lowest BCUT2D eigenvalue weighted by Gasteiger charge is -2.33. The Morgan fingerprint density at radius 1 is 1.00 bits per heavy atom. The van der Waals surface area contributed by atoms with Crippen LogP contribution in [0.15, 0.2) is 64.4 Å². The topological polar surface area (TPSA) is 69.7 Å². The average Bonchev–Trinajstić information content (AvgIpc) is 2.74. The van der Waals surface area contributed by atoms with Gasteiger partial charge in [0, 0.05) is 44.2 Å². The van der Waals surface area contributed by atoms with Gasteiger partial charge in [-0.3, -0.25) is 9.69 Å². The van der Waals surface area contributed by atoms with E-state index in [-0.39, 0.29) is 5.91 Å². The van der Waals surface area contributed by atoms with Gasteiger partial charge in [-0.15, -0.1) is 11.8 Å². The summed E-state index contributed by atoms with van der Waals surface area (Å²) < 4.78 is 26.9. The normalized spacial score (nSPS) is 16.0. The number of carbonyl (C=O) groups excluding carboxylic acids is 1. The molecule has 150 valence electrons. The number of benzene rings is 2. The molecule has 0 unspecified atom stereocenters. The van der Waals surface area contributed by atoms with Crippen molar-refractivity contribution in [3.63, 3.8) is 0 Å². The number of hydrogen-bond acceptors (Lipinski definition) is 5. The quantitative estimate of drug-likeness (QED) is 0.697. The van der Waals surface area contributed by atoms with Crippen molar-refractivity contribution in [2.45, 2.75) is 9.79 Å². The van der Waals surface area contributed by atoms with E-state index in [0.29, 0.717) is 49.7 Å². The van der Waals surface area contributed by atoms with Crippen LogP contribution in [-0.4, -0.2) is 69.1 Å². The molecule has 28 heavy (non-hydrogen) atoms. The van der Waals surface area contributed by atoms with E-state index in [1.165, 1.54) is 4.31 Å². The van der Waals surface area contributed by atoms with E-state index >= 15 is 0 Å². The number of piperazine rings is 1. The van der Waals surface area contributed by atoms with Crippen molar-refractivity contribution < 1.29 is 13.2 Å². The number of nitrogens with one attached hydrogen (secondary N) is 1. The summed E-state index contributed by atoms with van der Waals surface area (Å²) in [7, 11) is -3.43. The molecule has 3 rings (SSSR count). The maximum atomic E-state index is 12.7. The van der Waals surface area contributed by atoms with Gasteiger partial charge in [0.05, 0.1) is 10.5 Å². The van der Waals surface area contributed by atoms with E-state index in [4.69, 9.17) is 0 Å². The number of carbonyl (C=O) groups is 1. The Morgan fingerprint density at radius 2 is 1.64 bits per heavy atom. The molecule has 8 heteroatoms. The van der Waals surface area contributed by atoms with Gasteiger partial charge in [0.2, 0.25) is 10.0 Å². The van der Waals surface area contributed by atoms with Crippen LogP contribution in [0.3, 0.4) is 0 Å². The zero-order chi connectivity index (χ0) is 20.0. The first-order valence-electron chi connectivity index (χ1n) is 9.21. The van der Waals surface area contributed by atoms with Gasteiger partial charge in [0.25, 0.3) is 5.91 Å². The van der Waals surface area contributed by atoms with Crippen LogP contribution >= 0.6 is 11.8 Å². The first-order chi connectivity index (χ1) is 13.5. The Balaban J connectivity index is 1.47. The van der Waals surface area contributed by atoms with Crippen LogP contribution in [0.1, 0.15) is 10.4 Å². The zero-order valence-corrected chi connectivity index (χ0v) is 17.5. The van der Waals surface area contributed by atoms with E-state index in [2.05, 4.69) is 10.2 Å². The Hall–Kier alpha value is -1.87. The second-order valence-corrected chi connectivity index (χ2v) is 9.30. The van der Waals surface area contributed by atoms with Gasteiger partial charge in [0.15, 0.2) is 0 Å². The maximum absolute atomic E-state index is 12.7. The summed E-state index contributed by atoms with van der Waals surface area (Å²) in [5.74, 6) is -0.0739. The molecule has 2 aromatic rings. The molecule has 1 aliphatic heterocycles. The van der Waals surface area contributed by atoms with Crippen molar-refractivity contribution in [1.82, 2.24) is 14.5 Å². The SMILES string of the molecule is CSc1ccccc1C(=O)NCCN1CCN(S(=O)(=O)c2ccccc2)CC1. The van der Waals surface area contributed by atoms with E-state index < -0.39 is 10.0 Å². The van der Waals surface area contributed by atoms with Crippen LogP contribution in [0.4, 0.5) is 0 Å². The zero-order valence-electron chi connectivity index (χ0n) is 15.9. The predicted molar refractivity (Wildman–Crippen MR) is 112 cm³/mol. The second-order valence-electron chi connectivity index (χ2n) is 6.51. The van der Waals surface area contributed by atoms with Crippen molar-refractivity contribution in [3.05, 3.63) is 60.2 Å². The number of hydrogen-bond donors (Lipinski definition) is 1. The molecule has 1 fully saturated rings. The molecule has 1 aliphatic rings. The molecule has 1 N–H and O–H groups in total. The molecule has 0 radical (unpaired) electrons. The van der Waals surface area contributed by atoms with Crippen LogP contribution in [0, 0.1) is 0 Å². The van der Waals surface area contributed by atoms with Crippen molar-refractivity contribution >= 4 is 27.7 Å². The Morgan fingerprint density at radius 3 is 2.32 bits per heavy atom.